The number of rotatable bonds is 6. The summed E-state index contributed by atoms with van der Waals surface area (Å²) in [5.74, 6) is -0.109. The Kier molecular flexibility index (Phi) is 5.57. The summed E-state index contributed by atoms with van der Waals surface area (Å²) < 4.78 is 0.930. The van der Waals surface area contributed by atoms with Gasteiger partial charge in [0.2, 0.25) is 5.91 Å². The highest BCUT2D eigenvalue weighted by Gasteiger charge is 2.45. The minimum absolute atomic E-state index is 0.0512. The molecule has 1 fully saturated rings. The van der Waals surface area contributed by atoms with Crippen molar-refractivity contribution in [1.29, 1.82) is 0 Å². The van der Waals surface area contributed by atoms with E-state index in [2.05, 4.69) is 33.1 Å². The van der Waals surface area contributed by atoms with E-state index in [1.807, 2.05) is 36.4 Å². The first-order valence-corrected chi connectivity index (χ1v) is 9.41. The van der Waals surface area contributed by atoms with Crippen LogP contribution in [0.15, 0.2) is 65.7 Å². The summed E-state index contributed by atoms with van der Waals surface area (Å²) in [6, 6.07) is 14.8. The van der Waals surface area contributed by atoms with Crippen molar-refractivity contribution in [3.63, 3.8) is 0 Å². The fourth-order valence-corrected chi connectivity index (χ4v) is 3.45. The molecule has 1 aliphatic carbocycles. The molecule has 0 atom stereocenters. The lowest BCUT2D eigenvalue weighted by Crippen LogP contribution is -2.49. The zero-order valence-electron chi connectivity index (χ0n) is 14.4. The average molecular weight is 413 g/mol. The van der Waals surface area contributed by atoms with Gasteiger partial charge in [-0.3, -0.25) is 9.59 Å². The van der Waals surface area contributed by atoms with E-state index < -0.39 is 5.41 Å². The Balaban J connectivity index is 1.71. The molecule has 5 heteroatoms. The molecule has 0 aromatic heterocycles. The lowest BCUT2D eigenvalue weighted by molar-refractivity contribution is -0.129. The molecule has 134 valence electrons. The van der Waals surface area contributed by atoms with Gasteiger partial charge in [0.1, 0.15) is 0 Å². The van der Waals surface area contributed by atoms with Crippen LogP contribution < -0.4 is 10.6 Å². The first-order chi connectivity index (χ1) is 12.5. The molecular weight excluding hydrogens is 392 g/mol. The van der Waals surface area contributed by atoms with E-state index in [1.54, 1.807) is 18.2 Å². The third-order valence-corrected chi connectivity index (χ3v) is 5.38. The Morgan fingerprint density at radius 3 is 2.27 bits per heavy atom. The summed E-state index contributed by atoms with van der Waals surface area (Å²) in [5, 5.41) is 5.80. The minimum atomic E-state index is -0.447. The average Bonchev–Trinajstić information content (AvgIpc) is 2.61. The van der Waals surface area contributed by atoms with E-state index in [1.165, 1.54) is 0 Å². The molecule has 2 aromatic rings. The van der Waals surface area contributed by atoms with Crippen LogP contribution in [0.25, 0.3) is 0 Å². The molecule has 0 aliphatic heterocycles. The second-order valence-corrected chi connectivity index (χ2v) is 7.39. The van der Waals surface area contributed by atoms with Gasteiger partial charge in [0, 0.05) is 22.3 Å². The van der Waals surface area contributed by atoms with Crippen LogP contribution in [0, 0.1) is 0 Å². The van der Waals surface area contributed by atoms with Gasteiger partial charge in [0.05, 0.1) is 5.41 Å². The molecule has 2 N–H and O–H groups in total. The van der Waals surface area contributed by atoms with Crippen LogP contribution in [-0.2, 0) is 10.2 Å². The number of hydrogen-bond acceptors (Lipinski definition) is 2. The fraction of sp³-hybridized carbons (Fsp3) is 0.238. The van der Waals surface area contributed by atoms with Gasteiger partial charge in [-0.15, -0.1) is 6.58 Å². The predicted octanol–water partition coefficient (Wildman–Crippen LogP) is 4.43. The zero-order chi connectivity index (χ0) is 18.6. The quantitative estimate of drug-likeness (QED) is 0.689. The number of halogens is 1. The Labute approximate surface area is 161 Å². The van der Waals surface area contributed by atoms with Crippen molar-refractivity contribution < 1.29 is 9.59 Å². The largest absolute Gasteiger partial charge is 0.352 e. The minimum Gasteiger partial charge on any atom is -0.352 e. The van der Waals surface area contributed by atoms with Crippen molar-refractivity contribution in [2.24, 2.45) is 0 Å². The summed E-state index contributed by atoms with van der Waals surface area (Å²) in [6.45, 7) is 4.12. The van der Waals surface area contributed by atoms with E-state index in [-0.39, 0.29) is 11.8 Å². The van der Waals surface area contributed by atoms with E-state index in [0.717, 1.165) is 29.3 Å². The Bertz CT molecular complexity index is 809. The monoisotopic (exact) mass is 412 g/mol. The van der Waals surface area contributed by atoms with Crippen LogP contribution in [0.4, 0.5) is 5.69 Å². The predicted molar refractivity (Wildman–Crippen MR) is 107 cm³/mol. The molecule has 0 bridgehead atoms. The lowest BCUT2D eigenvalue weighted by Gasteiger charge is -2.40. The second-order valence-electron chi connectivity index (χ2n) is 6.47. The maximum atomic E-state index is 12.5. The van der Waals surface area contributed by atoms with Crippen LogP contribution in [0.2, 0.25) is 0 Å². The molecule has 1 saturated carbocycles. The van der Waals surface area contributed by atoms with Gasteiger partial charge in [-0.05, 0) is 54.8 Å². The van der Waals surface area contributed by atoms with Crippen molar-refractivity contribution in [3.8, 4) is 0 Å². The molecule has 3 rings (SSSR count). The van der Waals surface area contributed by atoms with Gasteiger partial charge < -0.3 is 10.6 Å². The fourth-order valence-electron chi connectivity index (χ4n) is 3.19. The third-order valence-electron chi connectivity index (χ3n) is 4.85. The van der Waals surface area contributed by atoms with Gasteiger partial charge in [-0.1, -0.05) is 40.6 Å². The highest BCUT2D eigenvalue weighted by Crippen LogP contribution is 2.44. The highest BCUT2D eigenvalue weighted by molar-refractivity contribution is 9.10. The Morgan fingerprint density at radius 2 is 1.73 bits per heavy atom. The molecule has 2 aromatic carbocycles. The number of amides is 2. The summed E-state index contributed by atoms with van der Waals surface area (Å²) in [5.41, 5.74) is 1.85. The summed E-state index contributed by atoms with van der Waals surface area (Å²) in [7, 11) is 0. The van der Waals surface area contributed by atoms with Gasteiger partial charge in [0.25, 0.3) is 5.91 Å². The van der Waals surface area contributed by atoms with Crippen LogP contribution in [0.1, 0.15) is 35.2 Å². The molecule has 2 amide bonds. The highest BCUT2D eigenvalue weighted by atomic mass is 79.9. The maximum Gasteiger partial charge on any atom is 0.255 e. The molecule has 26 heavy (non-hydrogen) atoms. The number of anilines is 1. The van der Waals surface area contributed by atoms with Crippen molar-refractivity contribution in [2.45, 2.75) is 24.7 Å². The number of hydrogen-bond donors (Lipinski definition) is 2. The lowest BCUT2D eigenvalue weighted by atomic mass is 9.64. The number of carbonyl (C=O) groups is 2. The first kappa shape index (κ1) is 18.4. The Hall–Kier alpha value is -2.40. The van der Waals surface area contributed by atoms with E-state index in [4.69, 9.17) is 0 Å². The molecule has 0 spiro atoms. The maximum absolute atomic E-state index is 12.5. The summed E-state index contributed by atoms with van der Waals surface area (Å²) >= 11 is 3.36. The molecule has 0 unspecified atom stereocenters. The molecule has 0 radical (unpaired) electrons. The van der Waals surface area contributed by atoms with Crippen LogP contribution >= 0.6 is 15.9 Å². The molecule has 1 aliphatic rings. The van der Waals surface area contributed by atoms with Crippen molar-refractivity contribution in [3.05, 3.63) is 76.8 Å². The zero-order valence-corrected chi connectivity index (χ0v) is 16.0. The van der Waals surface area contributed by atoms with Crippen LogP contribution in [0.5, 0.6) is 0 Å². The number of carbonyl (C=O) groups excluding carboxylic acids is 2. The van der Waals surface area contributed by atoms with Gasteiger partial charge >= 0.3 is 0 Å². The van der Waals surface area contributed by atoms with E-state index >= 15 is 0 Å². The van der Waals surface area contributed by atoms with Gasteiger partial charge in [-0.2, -0.15) is 0 Å². The van der Waals surface area contributed by atoms with Crippen LogP contribution in [-0.4, -0.2) is 18.4 Å². The SMILES string of the molecule is C=CCNC(=O)C1(c2ccc(NC(=O)c3ccc(Br)cc3)cc2)CCC1. The van der Waals surface area contributed by atoms with Crippen molar-refractivity contribution >= 4 is 33.4 Å². The molecular formula is C21H21BrN2O2. The Morgan fingerprint density at radius 1 is 1.08 bits per heavy atom. The normalized spacial score (nSPS) is 14.8. The van der Waals surface area contributed by atoms with Gasteiger partial charge in [-0.25, -0.2) is 0 Å². The molecule has 4 nitrogen and oxygen atoms in total. The second kappa shape index (κ2) is 7.87. The smallest absolute Gasteiger partial charge is 0.255 e. The molecule has 0 saturated heterocycles. The van der Waals surface area contributed by atoms with Crippen molar-refractivity contribution in [2.75, 3.05) is 11.9 Å². The summed E-state index contributed by atoms with van der Waals surface area (Å²) in [6.07, 6.45) is 4.43. The number of nitrogens with one attached hydrogen (secondary N) is 2. The third kappa shape index (κ3) is 3.73. The summed E-state index contributed by atoms with van der Waals surface area (Å²) in [4.78, 5) is 24.9. The van der Waals surface area contributed by atoms with E-state index in [9.17, 15) is 9.59 Å². The molecule has 0 heterocycles. The van der Waals surface area contributed by atoms with E-state index in [0.29, 0.717) is 17.8 Å². The standard InChI is InChI=1S/C21H21BrN2O2/c1-2-14-23-20(26)21(12-3-13-21)16-6-10-18(11-7-16)24-19(25)15-4-8-17(22)9-5-15/h2,4-11H,1,3,12-14H2,(H,23,26)(H,24,25). The topological polar surface area (TPSA) is 58.2 Å². The van der Waals surface area contributed by atoms with Crippen LogP contribution in [0.3, 0.4) is 0 Å². The van der Waals surface area contributed by atoms with Crippen molar-refractivity contribution in [1.82, 2.24) is 5.32 Å². The number of benzene rings is 2. The first-order valence-electron chi connectivity index (χ1n) is 8.62. The van der Waals surface area contributed by atoms with Gasteiger partial charge in [0.15, 0.2) is 0 Å².